The van der Waals surface area contributed by atoms with E-state index in [4.69, 9.17) is 8.85 Å². The predicted molar refractivity (Wildman–Crippen MR) is 54.1 cm³/mol. The predicted octanol–water partition coefficient (Wildman–Crippen LogP) is 1.83. The van der Waals surface area contributed by atoms with Gasteiger partial charge in [0.15, 0.2) is 0 Å². The zero-order valence-corrected chi connectivity index (χ0v) is 9.46. The van der Waals surface area contributed by atoms with E-state index in [-0.39, 0.29) is 0 Å². The van der Waals surface area contributed by atoms with Gasteiger partial charge in [0.1, 0.15) is 0 Å². The molecule has 0 spiro atoms. The topological polar surface area (TPSA) is 30.8 Å². The molecule has 72 valence electrons. The molecule has 0 aromatic rings. The van der Waals surface area contributed by atoms with Crippen LogP contribution in [0.4, 0.5) is 0 Å². The molecule has 0 aliphatic carbocycles. The summed E-state index contributed by atoms with van der Waals surface area (Å²) in [7, 11) is 1.62. The van der Waals surface area contributed by atoms with Gasteiger partial charge in [0.25, 0.3) is 0 Å². The second kappa shape index (κ2) is 6.34. The maximum Gasteiger partial charge on any atom is 0.334 e. The minimum atomic E-state index is -1.82. The van der Waals surface area contributed by atoms with E-state index in [2.05, 4.69) is 11.5 Å². The van der Waals surface area contributed by atoms with Crippen LogP contribution in [0, 0.1) is 0 Å². The summed E-state index contributed by atoms with van der Waals surface area (Å²) in [6.45, 7) is 4.89. The minimum absolute atomic E-state index is 0.881. The summed E-state index contributed by atoms with van der Waals surface area (Å²) in [5.74, 6) is 0. The largest absolute Gasteiger partial charge is 0.398 e. The first kappa shape index (κ1) is 11.8. The highest BCUT2D eigenvalue weighted by atomic mass is 28.4. The SMILES string of the molecule is CC=NCCC[Si](C)(OC)OC. The van der Waals surface area contributed by atoms with Gasteiger partial charge in [0, 0.05) is 20.8 Å². The molecule has 0 aliphatic heterocycles. The van der Waals surface area contributed by atoms with Crippen LogP contribution < -0.4 is 0 Å². The fraction of sp³-hybridized carbons (Fsp3) is 0.875. The van der Waals surface area contributed by atoms with Crippen LogP contribution in [0.25, 0.3) is 0 Å². The highest BCUT2D eigenvalue weighted by Crippen LogP contribution is 2.13. The molecule has 0 radical (unpaired) electrons. The molecule has 0 bridgehead atoms. The van der Waals surface area contributed by atoms with Crippen molar-refractivity contribution in [2.45, 2.75) is 25.9 Å². The second-order valence-corrected chi connectivity index (χ2v) is 6.39. The van der Waals surface area contributed by atoms with Crippen molar-refractivity contribution in [3.63, 3.8) is 0 Å². The van der Waals surface area contributed by atoms with Gasteiger partial charge in [0.05, 0.1) is 0 Å². The van der Waals surface area contributed by atoms with Gasteiger partial charge in [-0.2, -0.15) is 0 Å². The van der Waals surface area contributed by atoms with Crippen molar-refractivity contribution in [3.05, 3.63) is 0 Å². The van der Waals surface area contributed by atoms with Crippen LogP contribution in [-0.4, -0.2) is 35.5 Å². The summed E-state index contributed by atoms with van der Waals surface area (Å²) in [5.41, 5.74) is 0. The van der Waals surface area contributed by atoms with Crippen molar-refractivity contribution in [1.29, 1.82) is 0 Å². The third-order valence-electron chi connectivity index (χ3n) is 1.96. The molecule has 0 rings (SSSR count). The highest BCUT2D eigenvalue weighted by Gasteiger charge is 2.27. The Morgan fingerprint density at radius 1 is 1.33 bits per heavy atom. The lowest BCUT2D eigenvalue weighted by molar-refractivity contribution is 0.249. The molecule has 0 aliphatic rings. The third-order valence-corrected chi connectivity index (χ3v) is 4.95. The van der Waals surface area contributed by atoms with E-state index in [0.717, 1.165) is 19.0 Å². The molecular weight excluding hydrogens is 170 g/mol. The zero-order chi connectivity index (χ0) is 9.45. The van der Waals surface area contributed by atoms with Crippen molar-refractivity contribution in [2.24, 2.45) is 4.99 Å². The molecule has 0 saturated carbocycles. The Morgan fingerprint density at radius 3 is 2.33 bits per heavy atom. The zero-order valence-electron chi connectivity index (χ0n) is 8.46. The van der Waals surface area contributed by atoms with Crippen LogP contribution in [0.5, 0.6) is 0 Å². The molecule has 0 fully saturated rings. The van der Waals surface area contributed by atoms with Gasteiger partial charge in [0.2, 0.25) is 0 Å². The Labute approximate surface area is 76.0 Å². The summed E-state index contributed by atoms with van der Waals surface area (Å²) in [6.07, 6.45) is 2.88. The standard InChI is InChI=1S/C8H19NO2Si/c1-5-9-7-6-8-12(4,10-2)11-3/h5H,6-8H2,1-4H3. The Hall–Kier alpha value is -0.193. The lowest BCUT2D eigenvalue weighted by atomic mass is 10.5. The number of rotatable bonds is 6. The molecule has 12 heavy (non-hydrogen) atoms. The van der Waals surface area contributed by atoms with Crippen LogP contribution >= 0.6 is 0 Å². The number of aliphatic imine (C=N–C) groups is 1. The molecule has 4 heteroatoms. The molecule has 0 aromatic heterocycles. The number of hydrogen-bond acceptors (Lipinski definition) is 3. The van der Waals surface area contributed by atoms with Crippen LogP contribution in [0.1, 0.15) is 13.3 Å². The van der Waals surface area contributed by atoms with Crippen molar-refractivity contribution in [3.8, 4) is 0 Å². The van der Waals surface area contributed by atoms with Gasteiger partial charge in [-0.1, -0.05) is 0 Å². The molecule has 0 unspecified atom stereocenters. The van der Waals surface area contributed by atoms with Crippen LogP contribution in [0.15, 0.2) is 4.99 Å². The molecular formula is C8H19NO2Si. The van der Waals surface area contributed by atoms with Crippen molar-refractivity contribution < 1.29 is 8.85 Å². The molecule has 0 heterocycles. The van der Waals surface area contributed by atoms with Gasteiger partial charge in [-0.15, -0.1) is 0 Å². The average Bonchev–Trinajstić information content (AvgIpc) is 2.12. The molecule has 0 N–H and O–H groups in total. The first-order chi connectivity index (χ1) is 5.68. The fourth-order valence-corrected chi connectivity index (χ4v) is 2.28. The summed E-state index contributed by atoms with van der Waals surface area (Å²) >= 11 is 0. The van der Waals surface area contributed by atoms with Crippen molar-refractivity contribution in [1.82, 2.24) is 0 Å². The summed E-state index contributed by atoms with van der Waals surface area (Å²) < 4.78 is 10.7. The quantitative estimate of drug-likeness (QED) is 0.362. The van der Waals surface area contributed by atoms with Gasteiger partial charge < -0.3 is 8.85 Å². The number of nitrogens with zero attached hydrogens (tertiary/aromatic N) is 1. The first-order valence-electron chi connectivity index (χ1n) is 4.23. The summed E-state index contributed by atoms with van der Waals surface area (Å²) in [6, 6.07) is 1.01. The van der Waals surface area contributed by atoms with Crippen LogP contribution in [0.3, 0.4) is 0 Å². The van der Waals surface area contributed by atoms with Gasteiger partial charge >= 0.3 is 8.56 Å². The molecule has 0 atom stereocenters. The van der Waals surface area contributed by atoms with E-state index in [1.807, 2.05) is 13.1 Å². The van der Waals surface area contributed by atoms with E-state index < -0.39 is 8.56 Å². The van der Waals surface area contributed by atoms with Crippen molar-refractivity contribution >= 4 is 14.8 Å². The lowest BCUT2D eigenvalue weighted by Gasteiger charge is -2.21. The van der Waals surface area contributed by atoms with E-state index in [0.29, 0.717) is 0 Å². The Bertz CT molecular complexity index is 135. The smallest absolute Gasteiger partial charge is 0.334 e. The monoisotopic (exact) mass is 189 g/mol. The van der Waals surface area contributed by atoms with Gasteiger partial charge in [-0.25, -0.2) is 0 Å². The van der Waals surface area contributed by atoms with Gasteiger partial charge in [-0.05, 0) is 32.2 Å². The normalized spacial score (nSPS) is 12.7. The van der Waals surface area contributed by atoms with Gasteiger partial charge in [-0.3, -0.25) is 4.99 Å². The maximum absolute atomic E-state index is 5.33. The fourth-order valence-electron chi connectivity index (χ4n) is 0.908. The lowest BCUT2D eigenvalue weighted by Crippen LogP contribution is -2.35. The first-order valence-corrected chi connectivity index (χ1v) is 6.75. The average molecular weight is 189 g/mol. The molecule has 0 amide bonds. The maximum atomic E-state index is 5.33. The van der Waals surface area contributed by atoms with E-state index >= 15 is 0 Å². The van der Waals surface area contributed by atoms with E-state index in [9.17, 15) is 0 Å². The summed E-state index contributed by atoms with van der Waals surface area (Å²) in [5, 5.41) is 0. The highest BCUT2D eigenvalue weighted by molar-refractivity contribution is 6.65. The molecule has 3 nitrogen and oxygen atoms in total. The second-order valence-electron chi connectivity index (χ2n) is 2.81. The van der Waals surface area contributed by atoms with E-state index in [1.165, 1.54) is 0 Å². The third kappa shape index (κ3) is 4.64. The van der Waals surface area contributed by atoms with Crippen LogP contribution in [-0.2, 0) is 8.85 Å². The molecule has 0 aromatic carbocycles. The summed E-state index contributed by atoms with van der Waals surface area (Å²) in [4.78, 5) is 4.13. The Morgan fingerprint density at radius 2 is 1.92 bits per heavy atom. The van der Waals surface area contributed by atoms with Crippen molar-refractivity contribution in [2.75, 3.05) is 20.8 Å². The Kier molecular flexibility index (Phi) is 6.23. The van der Waals surface area contributed by atoms with Crippen LogP contribution in [0.2, 0.25) is 12.6 Å². The van der Waals surface area contributed by atoms with E-state index in [1.54, 1.807) is 14.2 Å². The molecule has 0 saturated heterocycles. The Balaban J connectivity index is 3.58. The number of hydrogen-bond donors (Lipinski definition) is 0. The minimum Gasteiger partial charge on any atom is -0.398 e.